The first-order valence-corrected chi connectivity index (χ1v) is 5.90. The maximum atomic E-state index is 11.8. The SMILES string of the molecule is COc1ccc(NC(=O)C(C)(C)Br)cc1OC. The van der Waals surface area contributed by atoms with E-state index in [-0.39, 0.29) is 5.91 Å². The highest BCUT2D eigenvalue weighted by Crippen LogP contribution is 2.30. The minimum Gasteiger partial charge on any atom is -0.493 e. The molecule has 0 aliphatic heterocycles. The van der Waals surface area contributed by atoms with E-state index >= 15 is 0 Å². The van der Waals surface area contributed by atoms with Gasteiger partial charge in [0.25, 0.3) is 0 Å². The molecule has 1 rings (SSSR count). The average molecular weight is 302 g/mol. The average Bonchev–Trinajstić information content (AvgIpc) is 2.27. The maximum Gasteiger partial charge on any atom is 0.240 e. The normalized spacial score (nSPS) is 10.9. The number of halogens is 1. The summed E-state index contributed by atoms with van der Waals surface area (Å²) in [6.45, 7) is 3.56. The first-order chi connectivity index (χ1) is 7.88. The molecule has 0 saturated carbocycles. The van der Waals surface area contributed by atoms with Crippen LogP contribution >= 0.6 is 15.9 Å². The lowest BCUT2D eigenvalue weighted by molar-refractivity contribution is -0.117. The highest BCUT2D eigenvalue weighted by atomic mass is 79.9. The summed E-state index contributed by atoms with van der Waals surface area (Å²) in [7, 11) is 3.12. The van der Waals surface area contributed by atoms with Gasteiger partial charge in [-0.25, -0.2) is 0 Å². The lowest BCUT2D eigenvalue weighted by atomic mass is 10.2. The van der Waals surface area contributed by atoms with Crippen molar-refractivity contribution in [3.8, 4) is 11.5 Å². The predicted molar refractivity (Wildman–Crippen MR) is 71.2 cm³/mol. The van der Waals surface area contributed by atoms with Gasteiger partial charge in [0.2, 0.25) is 5.91 Å². The van der Waals surface area contributed by atoms with Crippen molar-refractivity contribution < 1.29 is 14.3 Å². The number of anilines is 1. The summed E-state index contributed by atoms with van der Waals surface area (Å²) < 4.78 is 9.66. The Balaban J connectivity index is 2.90. The van der Waals surface area contributed by atoms with Gasteiger partial charge in [-0.1, -0.05) is 15.9 Å². The molecule has 0 atom stereocenters. The van der Waals surface area contributed by atoms with Crippen molar-refractivity contribution in [3.05, 3.63) is 18.2 Å². The third-order valence-electron chi connectivity index (χ3n) is 2.18. The topological polar surface area (TPSA) is 47.6 Å². The number of amides is 1. The van der Waals surface area contributed by atoms with Gasteiger partial charge in [0.1, 0.15) is 0 Å². The van der Waals surface area contributed by atoms with Gasteiger partial charge in [0, 0.05) is 11.8 Å². The molecule has 1 aromatic rings. The third-order valence-corrected chi connectivity index (χ3v) is 2.54. The second-order valence-corrected chi connectivity index (χ2v) is 5.98. The number of benzene rings is 1. The van der Waals surface area contributed by atoms with E-state index in [0.717, 1.165) is 0 Å². The zero-order chi connectivity index (χ0) is 13.1. The fourth-order valence-electron chi connectivity index (χ4n) is 1.19. The van der Waals surface area contributed by atoms with Gasteiger partial charge in [-0.2, -0.15) is 0 Å². The Morgan fingerprint density at radius 2 is 1.82 bits per heavy atom. The van der Waals surface area contributed by atoms with Crippen LogP contribution in [0.5, 0.6) is 11.5 Å². The second-order valence-electron chi connectivity index (χ2n) is 4.00. The fourth-order valence-corrected chi connectivity index (χ4v) is 1.29. The monoisotopic (exact) mass is 301 g/mol. The maximum absolute atomic E-state index is 11.8. The summed E-state index contributed by atoms with van der Waals surface area (Å²) in [6.07, 6.45) is 0. The second kappa shape index (κ2) is 5.40. The summed E-state index contributed by atoms with van der Waals surface area (Å²) in [4.78, 5) is 11.8. The molecule has 0 aliphatic carbocycles. The van der Waals surface area contributed by atoms with Crippen molar-refractivity contribution >= 4 is 27.5 Å². The molecule has 1 aromatic carbocycles. The van der Waals surface area contributed by atoms with Crippen molar-refractivity contribution in [2.45, 2.75) is 18.2 Å². The van der Waals surface area contributed by atoms with Crippen LogP contribution in [0.1, 0.15) is 13.8 Å². The van der Waals surface area contributed by atoms with Crippen LogP contribution in [0.25, 0.3) is 0 Å². The first kappa shape index (κ1) is 13.8. The summed E-state index contributed by atoms with van der Waals surface area (Å²) in [6, 6.07) is 5.23. The number of hydrogen-bond donors (Lipinski definition) is 1. The van der Waals surface area contributed by atoms with E-state index in [9.17, 15) is 4.79 Å². The van der Waals surface area contributed by atoms with Crippen LogP contribution < -0.4 is 14.8 Å². The van der Waals surface area contributed by atoms with E-state index in [1.807, 2.05) is 0 Å². The van der Waals surface area contributed by atoms with Gasteiger partial charge in [0.05, 0.1) is 18.5 Å². The lowest BCUT2D eigenvalue weighted by Gasteiger charge is -2.16. The molecule has 0 radical (unpaired) electrons. The molecule has 94 valence electrons. The van der Waals surface area contributed by atoms with E-state index in [4.69, 9.17) is 9.47 Å². The van der Waals surface area contributed by atoms with Gasteiger partial charge in [-0.3, -0.25) is 4.79 Å². The molecule has 0 aliphatic rings. The Kier molecular flexibility index (Phi) is 4.40. The van der Waals surface area contributed by atoms with Gasteiger partial charge < -0.3 is 14.8 Å². The van der Waals surface area contributed by atoms with E-state index in [1.54, 1.807) is 46.3 Å². The molecule has 0 aromatic heterocycles. The number of rotatable bonds is 4. The van der Waals surface area contributed by atoms with Crippen molar-refractivity contribution in [2.75, 3.05) is 19.5 Å². The van der Waals surface area contributed by atoms with E-state index in [2.05, 4.69) is 21.2 Å². The Labute approximate surface area is 109 Å². The smallest absolute Gasteiger partial charge is 0.240 e. The summed E-state index contributed by atoms with van der Waals surface area (Å²) in [5.41, 5.74) is 0.667. The molecule has 0 heterocycles. The minimum atomic E-state index is -0.611. The van der Waals surface area contributed by atoms with Crippen molar-refractivity contribution in [1.82, 2.24) is 0 Å². The standard InChI is InChI=1S/C12H16BrNO3/c1-12(2,13)11(15)14-8-5-6-9(16-3)10(7-8)17-4/h5-7H,1-4H3,(H,14,15). The van der Waals surface area contributed by atoms with Crippen LogP contribution in [-0.4, -0.2) is 24.5 Å². The van der Waals surface area contributed by atoms with Crippen LogP contribution in [0.2, 0.25) is 0 Å². The number of carbonyl (C=O) groups is 1. The van der Waals surface area contributed by atoms with E-state index in [1.165, 1.54) is 0 Å². The molecule has 0 fully saturated rings. The van der Waals surface area contributed by atoms with Gasteiger partial charge in [-0.05, 0) is 26.0 Å². The Bertz CT molecular complexity index is 413. The quantitative estimate of drug-likeness (QED) is 0.870. The van der Waals surface area contributed by atoms with Crippen LogP contribution in [0, 0.1) is 0 Å². The molecule has 17 heavy (non-hydrogen) atoms. The predicted octanol–water partition coefficient (Wildman–Crippen LogP) is 2.82. The Morgan fingerprint density at radius 1 is 1.24 bits per heavy atom. The van der Waals surface area contributed by atoms with E-state index < -0.39 is 4.32 Å². The molecule has 0 saturated heterocycles. The molecular formula is C12H16BrNO3. The van der Waals surface area contributed by atoms with E-state index in [0.29, 0.717) is 17.2 Å². The molecular weight excluding hydrogens is 286 g/mol. The molecule has 5 heteroatoms. The number of ether oxygens (including phenoxy) is 2. The third kappa shape index (κ3) is 3.63. The van der Waals surface area contributed by atoms with Crippen LogP contribution in [0.3, 0.4) is 0 Å². The van der Waals surface area contributed by atoms with Crippen molar-refractivity contribution in [3.63, 3.8) is 0 Å². The highest BCUT2D eigenvalue weighted by Gasteiger charge is 2.23. The number of methoxy groups -OCH3 is 2. The molecule has 0 unspecified atom stereocenters. The van der Waals surface area contributed by atoms with Crippen molar-refractivity contribution in [2.24, 2.45) is 0 Å². The summed E-state index contributed by atoms with van der Waals surface area (Å²) in [5.74, 6) is 1.09. The lowest BCUT2D eigenvalue weighted by Crippen LogP contribution is -2.30. The summed E-state index contributed by atoms with van der Waals surface area (Å²) >= 11 is 3.30. The summed E-state index contributed by atoms with van der Waals surface area (Å²) in [5, 5.41) is 2.79. The van der Waals surface area contributed by atoms with Gasteiger partial charge in [0.15, 0.2) is 11.5 Å². The number of carbonyl (C=O) groups excluding carboxylic acids is 1. The molecule has 1 N–H and O–H groups in total. The van der Waals surface area contributed by atoms with Gasteiger partial charge >= 0.3 is 0 Å². The van der Waals surface area contributed by atoms with Crippen molar-refractivity contribution in [1.29, 1.82) is 0 Å². The van der Waals surface area contributed by atoms with Gasteiger partial charge in [-0.15, -0.1) is 0 Å². The minimum absolute atomic E-state index is 0.121. The molecule has 4 nitrogen and oxygen atoms in total. The van der Waals surface area contributed by atoms with Crippen LogP contribution in [0.15, 0.2) is 18.2 Å². The highest BCUT2D eigenvalue weighted by molar-refractivity contribution is 9.10. The van der Waals surface area contributed by atoms with Crippen LogP contribution in [0.4, 0.5) is 5.69 Å². The Hall–Kier alpha value is -1.23. The zero-order valence-corrected chi connectivity index (χ0v) is 11.9. The molecule has 1 amide bonds. The number of alkyl halides is 1. The largest absolute Gasteiger partial charge is 0.493 e. The molecule has 0 spiro atoms. The number of hydrogen-bond acceptors (Lipinski definition) is 3. The van der Waals surface area contributed by atoms with Crippen LogP contribution in [-0.2, 0) is 4.79 Å². The zero-order valence-electron chi connectivity index (χ0n) is 10.3. The molecule has 0 bridgehead atoms. The Morgan fingerprint density at radius 3 is 2.29 bits per heavy atom. The first-order valence-electron chi connectivity index (χ1n) is 5.11. The fraction of sp³-hybridized carbons (Fsp3) is 0.417. The number of nitrogens with one attached hydrogen (secondary N) is 1.